The van der Waals surface area contributed by atoms with E-state index in [1.165, 1.54) is 5.56 Å². The Morgan fingerprint density at radius 3 is 2.96 bits per heavy atom. The van der Waals surface area contributed by atoms with Crippen LogP contribution >= 0.6 is 0 Å². The van der Waals surface area contributed by atoms with Crippen molar-refractivity contribution in [3.63, 3.8) is 0 Å². The average molecular weight is 377 g/mol. The number of H-pyrrole nitrogens is 1. The lowest BCUT2D eigenvalue weighted by Crippen LogP contribution is -2.40. The number of amides is 1. The van der Waals surface area contributed by atoms with Gasteiger partial charge >= 0.3 is 0 Å². The highest BCUT2D eigenvalue weighted by atomic mass is 16.5. The van der Waals surface area contributed by atoms with Crippen LogP contribution in [0.4, 0.5) is 0 Å². The number of aromatic amines is 1. The molecule has 146 valence electrons. The van der Waals surface area contributed by atoms with Gasteiger partial charge in [0.2, 0.25) is 5.91 Å². The highest BCUT2D eigenvalue weighted by Crippen LogP contribution is 2.18. The Bertz CT molecular complexity index is 950. The zero-order valence-corrected chi connectivity index (χ0v) is 16.3. The number of nitrogens with one attached hydrogen (secondary N) is 2. The molecule has 0 spiro atoms. The van der Waals surface area contributed by atoms with Gasteiger partial charge in [0.15, 0.2) is 0 Å². The minimum absolute atomic E-state index is 0.0390. The number of nitrogens with zero attached hydrogens (tertiary/aromatic N) is 1. The van der Waals surface area contributed by atoms with E-state index in [4.69, 9.17) is 4.74 Å². The highest BCUT2D eigenvalue weighted by Gasteiger charge is 2.16. The molecule has 1 saturated heterocycles. The maximum atomic E-state index is 12.4. The average Bonchev–Trinajstić information content (AvgIpc) is 3.10. The van der Waals surface area contributed by atoms with Crippen LogP contribution in [0.1, 0.15) is 23.6 Å². The molecule has 2 aromatic carbocycles. The maximum Gasteiger partial charge on any atom is 0.224 e. The topological polar surface area (TPSA) is 57.4 Å². The Labute approximate surface area is 165 Å². The Balaban J connectivity index is 1.32. The summed E-state index contributed by atoms with van der Waals surface area (Å²) in [4.78, 5) is 18.1. The molecular weight excluding hydrogens is 350 g/mol. The van der Waals surface area contributed by atoms with Gasteiger partial charge < -0.3 is 15.0 Å². The molecule has 1 aliphatic heterocycles. The predicted octanol–water partition coefficient (Wildman–Crippen LogP) is 3.25. The third kappa shape index (κ3) is 4.61. The summed E-state index contributed by atoms with van der Waals surface area (Å²) in [5.74, 6) is 0.0390. The molecule has 0 aliphatic carbocycles. The number of morpholine rings is 1. The lowest BCUT2D eigenvalue weighted by atomic mass is 10.1. The lowest BCUT2D eigenvalue weighted by Gasteiger charge is -2.31. The second-order valence-electron chi connectivity index (χ2n) is 7.55. The summed E-state index contributed by atoms with van der Waals surface area (Å²) in [6.45, 7) is 6.32. The van der Waals surface area contributed by atoms with Gasteiger partial charge in [-0.05, 0) is 29.7 Å². The van der Waals surface area contributed by atoms with Crippen molar-refractivity contribution in [1.82, 2.24) is 15.2 Å². The molecule has 0 bridgehead atoms. The first-order valence-electron chi connectivity index (χ1n) is 9.91. The molecule has 0 unspecified atom stereocenters. The summed E-state index contributed by atoms with van der Waals surface area (Å²) in [6.07, 6.45) is 2.60. The molecule has 4 rings (SSSR count). The fraction of sp³-hybridized carbons (Fsp3) is 0.348. The van der Waals surface area contributed by atoms with Crippen molar-refractivity contribution < 1.29 is 9.53 Å². The normalized spacial score (nSPS) is 17.7. The fourth-order valence-electron chi connectivity index (χ4n) is 3.84. The quantitative estimate of drug-likeness (QED) is 0.693. The number of hydrogen-bond acceptors (Lipinski definition) is 3. The zero-order valence-electron chi connectivity index (χ0n) is 16.3. The van der Waals surface area contributed by atoms with Crippen LogP contribution in [0.3, 0.4) is 0 Å². The molecule has 1 fully saturated rings. The van der Waals surface area contributed by atoms with Crippen molar-refractivity contribution in [2.75, 3.05) is 19.7 Å². The monoisotopic (exact) mass is 377 g/mol. The molecule has 3 aromatic rings. The van der Waals surface area contributed by atoms with Crippen LogP contribution in [-0.4, -0.2) is 41.6 Å². The van der Waals surface area contributed by atoms with Crippen molar-refractivity contribution in [2.24, 2.45) is 0 Å². The van der Waals surface area contributed by atoms with Crippen molar-refractivity contribution in [3.05, 3.63) is 71.4 Å². The molecule has 2 N–H and O–H groups in total. The SMILES string of the molecule is C[C@H]1CN(Cc2cccc(CNC(=O)Cc3c[nH]c4ccccc34)c2)CCO1. The van der Waals surface area contributed by atoms with E-state index in [0.717, 1.165) is 48.3 Å². The van der Waals surface area contributed by atoms with Gasteiger partial charge in [0, 0.05) is 43.3 Å². The van der Waals surface area contributed by atoms with Crippen LogP contribution in [0.5, 0.6) is 0 Å². The van der Waals surface area contributed by atoms with E-state index in [2.05, 4.69) is 46.4 Å². The van der Waals surface area contributed by atoms with Gasteiger partial charge in [0.1, 0.15) is 0 Å². The van der Waals surface area contributed by atoms with E-state index >= 15 is 0 Å². The highest BCUT2D eigenvalue weighted by molar-refractivity contribution is 5.88. The Morgan fingerprint density at radius 2 is 2.07 bits per heavy atom. The summed E-state index contributed by atoms with van der Waals surface area (Å²) in [5.41, 5.74) is 4.50. The molecule has 5 nitrogen and oxygen atoms in total. The van der Waals surface area contributed by atoms with Gasteiger partial charge in [-0.1, -0.05) is 42.5 Å². The molecule has 1 amide bonds. The van der Waals surface area contributed by atoms with E-state index in [9.17, 15) is 4.79 Å². The first kappa shape index (κ1) is 18.7. The summed E-state index contributed by atoms with van der Waals surface area (Å²) < 4.78 is 5.61. The molecule has 1 aromatic heterocycles. The number of hydrogen-bond donors (Lipinski definition) is 2. The number of fused-ring (bicyclic) bond motifs is 1. The van der Waals surface area contributed by atoms with E-state index in [1.54, 1.807) is 0 Å². The Hall–Kier alpha value is -2.63. The van der Waals surface area contributed by atoms with Gasteiger partial charge in [-0.3, -0.25) is 9.69 Å². The summed E-state index contributed by atoms with van der Waals surface area (Å²) >= 11 is 0. The van der Waals surface area contributed by atoms with Crippen molar-refractivity contribution in [3.8, 4) is 0 Å². The van der Waals surface area contributed by atoms with Crippen molar-refractivity contribution >= 4 is 16.8 Å². The van der Waals surface area contributed by atoms with Gasteiger partial charge in [-0.15, -0.1) is 0 Å². The van der Waals surface area contributed by atoms with E-state index in [-0.39, 0.29) is 5.91 Å². The summed E-state index contributed by atoms with van der Waals surface area (Å²) in [5, 5.41) is 4.16. The number of carbonyl (C=O) groups is 1. The summed E-state index contributed by atoms with van der Waals surface area (Å²) in [7, 11) is 0. The zero-order chi connectivity index (χ0) is 19.3. The minimum atomic E-state index is 0.0390. The third-order valence-electron chi connectivity index (χ3n) is 5.24. The molecule has 28 heavy (non-hydrogen) atoms. The first-order valence-corrected chi connectivity index (χ1v) is 9.91. The molecule has 1 aliphatic rings. The molecule has 0 saturated carbocycles. The van der Waals surface area contributed by atoms with E-state index < -0.39 is 0 Å². The number of carbonyl (C=O) groups excluding carboxylic acids is 1. The Kier molecular flexibility index (Phi) is 5.74. The van der Waals surface area contributed by atoms with Crippen molar-refractivity contribution in [2.45, 2.75) is 32.5 Å². The second-order valence-corrected chi connectivity index (χ2v) is 7.55. The van der Waals surface area contributed by atoms with Gasteiger partial charge in [0.25, 0.3) is 0 Å². The van der Waals surface area contributed by atoms with Crippen LogP contribution in [0.25, 0.3) is 10.9 Å². The molecule has 1 atom stereocenters. The number of benzene rings is 2. The smallest absolute Gasteiger partial charge is 0.224 e. The standard InChI is InChI=1S/C23H27N3O2/c1-17-15-26(9-10-28-17)16-19-6-4-5-18(11-19)13-25-23(27)12-20-14-24-22-8-3-2-7-21(20)22/h2-8,11,14,17,24H,9-10,12-13,15-16H2,1H3,(H,25,27)/t17-/m0/s1. The summed E-state index contributed by atoms with van der Waals surface area (Å²) in [6, 6.07) is 16.5. The maximum absolute atomic E-state index is 12.4. The largest absolute Gasteiger partial charge is 0.376 e. The number of para-hydroxylation sites is 1. The van der Waals surface area contributed by atoms with Crippen LogP contribution in [0, 0.1) is 0 Å². The van der Waals surface area contributed by atoms with E-state index in [1.807, 2.05) is 30.5 Å². The number of rotatable bonds is 6. The van der Waals surface area contributed by atoms with Gasteiger partial charge in [-0.25, -0.2) is 0 Å². The van der Waals surface area contributed by atoms with Crippen molar-refractivity contribution in [1.29, 1.82) is 0 Å². The Morgan fingerprint density at radius 1 is 1.21 bits per heavy atom. The third-order valence-corrected chi connectivity index (χ3v) is 5.24. The van der Waals surface area contributed by atoms with Crippen LogP contribution in [0.15, 0.2) is 54.7 Å². The number of aromatic nitrogens is 1. The molecule has 0 radical (unpaired) electrons. The van der Waals surface area contributed by atoms with Gasteiger partial charge in [0.05, 0.1) is 19.1 Å². The first-order chi connectivity index (χ1) is 13.7. The van der Waals surface area contributed by atoms with Crippen LogP contribution in [0.2, 0.25) is 0 Å². The molecule has 5 heteroatoms. The predicted molar refractivity (Wildman–Crippen MR) is 111 cm³/mol. The van der Waals surface area contributed by atoms with Crippen LogP contribution < -0.4 is 5.32 Å². The number of ether oxygens (including phenoxy) is 1. The minimum Gasteiger partial charge on any atom is -0.376 e. The molecular formula is C23H27N3O2. The second kappa shape index (κ2) is 8.59. The van der Waals surface area contributed by atoms with Gasteiger partial charge in [-0.2, -0.15) is 0 Å². The van der Waals surface area contributed by atoms with E-state index in [0.29, 0.717) is 19.1 Å². The lowest BCUT2D eigenvalue weighted by molar-refractivity contribution is -0.120. The fourth-order valence-corrected chi connectivity index (χ4v) is 3.84. The van der Waals surface area contributed by atoms with Crippen LogP contribution in [-0.2, 0) is 29.0 Å². The molecule has 2 heterocycles.